The quantitative estimate of drug-likeness (QED) is 0.119. The second kappa shape index (κ2) is 23.2. The molecular formula is C68H70N12O12. The third kappa shape index (κ3) is 10.2. The number of aromatic nitrogens is 3. The SMILES string of the molecule is C[C@@H]1CN2c3ccc(-c4ccccn4)cc3CC3(C(=O)NC(=O)NC3=O)[C@H]2[C@H](C)O1.Cc1ccc(-c2ccc3c(c2)CC2(C(=O)NC(=O)NC2=O)[C@H]2[C@H](C)O[C@H](C)CN32)nc1.Cc1ccnc(-c2ccc3c(c2)CC2(C(=O)NC(=O)NC2=O)[C@H]2[C@H](C)O[C@H](C)CN32)c1. The molecule has 6 aromatic rings. The van der Waals surface area contributed by atoms with Crippen molar-refractivity contribution in [2.75, 3.05) is 34.3 Å². The topological polar surface area (TPSA) is 302 Å². The highest BCUT2D eigenvalue weighted by Crippen LogP contribution is 2.51. The molecule has 24 nitrogen and oxygen atoms in total. The Bertz CT molecular complexity index is 4030. The maximum Gasteiger partial charge on any atom is 0.328 e. The van der Waals surface area contributed by atoms with Crippen molar-refractivity contribution in [3.05, 3.63) is 143 Å². The molecule has 3 aromatic heterocycles. The summed E-state index contributed by atoms with van der Waals surface area (Å²) in [6.45, 7) is 17.2. The van der Waals surface area contributed by atoms with Crippen LogP contribution in [-0.2, 0) is 62.2 Å². The molecule has 6 fully saturated rings. The van der Waals surface area contributed by atoms with Crippen molar-refractivity contribution >= 4 is 70.6 Å². The Morgan fingerprint density at radius 1 is 0.391 bits per heavy atom. The lowest BCUT2D eigenvalue weighted by Gasteiger charge is -2.55. The summed E-state index contributed by atoms with van der Waals surface area (Å²) in [5.41, 5.74) is 8.54. The zero-order valence-electron chi connectivity index (χ0n) is 52.0. The van der Waals surface area contributed by atoms with Crippen molar-refractivity contribution in [1.29, 1.82) is 0 Å². The molecule has 24 heteroatoms. The predicted octanol–water partition coefficient (Wildman–Crippen LogP) is 5.53. The van der Waals surface area contributed by atoms with Crippen LogP contribution in [0.4, 0.5) is 31.4 Å². The van der Waals surface area contributed by atoms with Gasteiger partial charge >= 0.3 is 18.1 Å². The zero-order chi connectivity index (χ0) is 64.9. The lowest BCUT2D eigenvalue weighted by atomic mass is 9.66. The van der Waals surface area contributed by atoms with Crippen LogP contribution in [0, 0.1) is 30.1 Å². The molecule has 12 amide bonds. The van der Waals surface area contributed by atoms with Crippen LogP contribution in [0.15, 0.2) is 116 Å². The first kappa shape index (κ1) is 61.1. The molecule has 9 aliphatic heterocycles. The van der Waals surface area contributed by atoms with Crippen LogP contribution in [0.2, 0.25) is 0 Å². The highest BCUT2D eigenvalue weighted by atomic mass is 16.5. The number of barbiturate groups is 3. The highest BCUT2D eigenvalue weighted by molar-refractivity contribution is 6.22. The average Bonchev–Trinajstić information content (AvgIpc) is 0.726. The number of hydrogen-bond acceptors (Lipinski definition) is 18. The number of morpholine rings is 3. The first-order chi connectivity index (χ1) is 44.0. The lowest BCUT2D eigenvalue weighted by Crippen LogP contribution is -2.75. The highest BCUT2D eigenvalue weighted by Gasteiger charge is 2.66. The molecule has 0 bridgehead atoms. The molecular weight excluding hydrogens is 1180 g/mol. The Balaban J connectivity index is 0.000000126. The minimum atomic E-state index is -1.46. The third-order valence-corrected chi connectivity index (χ3v) is 19.3. The summed E-state index contributed by atoms with van der Waals surface area (Å²) < 4.78 is 18.1. The second-order valence-electron chi connectivity index (χ2n) is 25.6. The Hall–Kier alpha value is -9.78. The maximum atomic E-state index is 13.2. The van der Waals surface area contributed by atoms with E-state index in [1.165, 1.54) is 0 Å². The molecule has 0 radical (unpaired) electrons. The van der Waals surface area contributed by atoms with Crippen molar-refractivity contribution in [3.8, 4) is 33.8 Å². The van der Waals surface area contributed by atoms with Crippen LogP contribution in [0.3, 0.4) is 0 Å². The fraction of sp³-hybridized carbons (Fsp3) is 0.382. The van der Waals surface area contributed by atoms with Gasteiger partial charge < -0.3 is 28.9 Å². The van der Waals surface area contributed by atoms with E-state index in [2.05, 4.69) is 61.6 Å². The van der Waals surface area contributed by atoms with Gasteiger partial charge in [0.2, 0.25) is 35.4 Å². The van der Waals surface area contributed by atoms with E-state index >= 15 is 0 Å². The van der Waals surface area contributed by atoms with E-state index in [0.29, 0.717) is 19.6 Å². The number of fused-ring (bicyclic) bond motifs is 12. The second-order valence-corrected chi connectivity index (χ2v) is 25.6. The van der Waals surface area contributed by atoms with Gasteiger partial charge in [-0.1, -0.05) is 30.3 Å². The van der Waals surface area contributed by atoms with E-state index in [1.807, 2.05) is 159 Å². The lowest BCUT2D eigenvalue weighted by molar-refractivity contribution is -0.154. The van der Waals surface area contributed by atoms with Crippen molar-refractivity contribution in [1.82, 2.24) is 46.9 Å². The number of urea groups is 3. The molecule has 15 rings (SSSR count). The normalized spacial score (nSPS) is 26.9. The van der Waals surface area contributed by atoms with Gasteiger partial charge in [-0.25, -0.2) is 14.4 Å². The minimum Gasteiger partial charge on any atom is -0.372 e. The van der Waals surface area contributed by atoms with Gasteiger partial charge in [-0.05, 0) is 169 Å². The molecule has 3 spiro atoms. The summed E-state index contributed by atoms with van der Waals surface area (Å²) in [7, 11) is 0. The number of anilines is 3. The molecule has 0 unspecified atom stereocenters. The number of nitrogens with one attached hydrogen (secondary N) is 6. The van der Waals surface area contributed by atoms with E-state index < -0.39 is 87.9 Å². The molecule has 0 saturated carbocycles. The number of pyridine rings is 3. The van der Waals surface area contributed by atoms with Crippen molar-refractivity contribution in [2.24, 2.45) is 16.2 Å². The zero-order valence-corrected chi connectivity index (χ0v) is 52.0. The summed E-state index contributed by atoms with van der Waals surface area (Å²) in [6, 6.07) is 27.8. The number of carbonyl (C=O) groups is 9. The number of benzene rings is 3. The number of ether oxygens (including phenoxy) is 3. The van der Waals surface area contributed by atoms with Gasteiger partial charge in [0.15, 0.2) is 16.2 Å². The minimum absolute atomic E-state index is 0.0638. The third-order valence-electron chi connectivity index (χ3n) is 19.3. The first-order valence-electron chi connectivity index (χ1n) is 30.9. The molecule has 474 valence electrons. The Morgan fingerprint density at radius 2 is 0.750 bits per heavy atom. The Kier molecular flexibility index (Phi) is 15.4. The standard InChI is InChI=1S/2C23H24N4O4.C22H22N4O4/c1-12-4-6-17(24-10-12)15-5-7-18-16(8-15)9-23(20(28)25-22(30)26-21(23)29)19-14(3)31-13(2)11-27(18)19;1-12-6-7-24-17(8-12)15-4-5-18-16(9-15)10-23(20(28)25-22(30)26-21(23)29)19-14(3)31-13(2)11-27(18)19;1-12-11-26-17-7-6-14(16-5-3-4-8-23-16)9-15(17)10-22(18(26)13(2)30-12)19(27)24-21(29)25-20(22)28/h4-8,10,13-14,19H,9,11H2,1-3H3,(H2,25,26,28,29,30);4-9,13-14,19H,10-11H2,1-3H3,(H2,25,26,28,29,30);3-9,12-13,18H,10-11H2,1-2H3,(H2,24,25,27,28,29)/t2*13-,14+,19-;12-,13+,18-/m111/s1. The monoisotopic (exact) mass is 1250 g/mol. The largest absolute Gasteiger partial charge is 0.372 e. The van der Waals surface area contributed by atoms with E-state index in [0.717, 1.165) is 78.7 Å². The number of amides is 12. The number of nitrogens with zero attached hydrogens (tertiary/aromatic N) is 6. The molecule has 12 heterocycles. The predicted molar refractivity (Wildman–Crippen MR) is 335 cm³/mol. The van der Waals surface area contributed by atoms with Crippen LogP contribution in [0.1, 0.15) is 69.4 Å². The smallest absolute Gasteiger partial charge is 0.328 e. The molecule has 9 atom stereocenters. The van der Waals surface area contributed by atoms with Gasteiger partial charge in [0.05, 0.1) is 71.8 Å². The molecule has 9 aliphatic rings. The molecule has 0 aliphatic carbocycles. The molecule has 92 heavy (non-hydrogen) atoms. The van der Waals surface area contributed by atoms with Crippen molar-refractivity contribution < 1.29 is 57.4 Å². The van der Waals surface area contributed by atoms with Gasteiger partial charge in [0, 0.05) is 72.0 Å². The van der Waals surface area contributed by atoms with Gasteiger partial charge in [0.1, 0.15) is 0 Å². The Morgan fingerprint density at radius 3 is 1.09 bits per heavy atom. The number of carbonyl (C=O) groups excluding carboxylic acids is 9. The van der Waals surface area contributed by atoms with Crippen LogP contribution in [0.25, 0.3) is 33.8 Å². The van der Waals surface area contributed by atoms with Crippen molar-refractivity contribution in [2.45, 2.75) is 129 Å². The number of imide groups is 6. The van der Waals surface area contributed by atoms with Crippen LogP contribution < -0.4 is 46.6 Å². The van der Waals surface area contributed by atoms with Gasteiger partial charge in [-0.2, -0.15) is 0 Å². The first-order valence-corrected chi connectivity index (χ1v) is 30.9. The van der Waals surface area contributed by atoms with Crippen LogP contribution in [0.5, 0.6) is 0 Å². The van der Waals surface area contributed by atoms with Gasteiger partial charge in [-0.15, -0.1) is 0 Å². The summed E-state index contributed by atoms with van der Waals surface area (Å²) in [5, 5.41) is 13.9. The Labute approximate surface area is 529 Å². The fourth-order valence-corrected chi connectivity index (χ4v) is 15.7. The number of aryl methyl sites for hydroxylation is 2. The van der Waals surface area contributed by atoms with E-state index in [-0.39, 0.29) is 55.9 Å². The summed E-state index contributed by atoms with van der Waals surface area (Å²) in [6.07, 6.45) is 4.52. The van der Waals surface area contributed by atoms with E-state index in [1.54, 1.807) is 12.4 Å². The summed E-state index contributed by atoms with van der Waals surface area (Å²) in [4.78, 5) is 134. The van der Waals surface area contributed by atoms with Gasteiger partial charge in [-0.3, -0.25) is 75.6 Å². The molecule has 6 N–H and O–H groups in total. The summed E-state index contributed by atoms with van der Waals surface area (Å²) in [5.74, 6) is -3.47. The number of hydrogen-bond donors (Lipinski definition) is 6. The van der Waals surface area contributed by atoms with Crippen LogP contribution >= 0.6 is 0 Å². The molecule has 6 saturated heterocycles. The van der Waals surface area contributed by atoms with Crippen molar-refractivity contribution in [3.63, 3.8) is 0 Å². The maximum absolute atomic E-state index is 13.2. The summed E-state index contributed by atoms with van der Waals surface area (Å²) >= 11 is 0. The fourth-order valence-electron chi connectivity index (χ4n) is 15.7. The van der Waals surface area contributed by atoms with Gasteiger partial charge in [0.25, 0.3) is 0 Å². The average molecular weight is 1250 g/mol. The number of rotatable bonds is 3. The van der Waals surface area contributed by atoms with E-state index in [9.17, 15) is 43.2 Å². The van der Waals surface area contributed by atoms with Crippen LogP contribution in [-0.4, -0.2) is 143 Å². The van der Waals surface area contributed by atoms with E-state index in [4.69, 9.17) is 14.2 Å². The molecule has 3 aromatic carbocycles.